The Balaban J connectivity index is 0.000000791. The molecule has 14 heavy (non-hydrogen) atoms. The Morgan fingerprint density at radius 1 is 1.14 bits per heavy atom. The Kier molecular flexibility index (Phi) is 6.08. The third-order valence-corrected chi connectivity index (χ3v) is 1.91. The molecule has 3 heteroatoms. The van der Waals surface area contributed by atoms with E-state index in [9.17, 15) is 0 Å². The van der Waals surface area contributed by atoms with Gasteiger partial charge in [0.2, 0.25) is 0 Å². The predicted molar refractivity (Wildman–Crippen MR) is 60.4 cm³/mol. The maximum Gasteiger partial charge on any atom is 0.0270 e. The minimum atomic E-state index is 0.434. The molecule has 0 aliphatic carbocycles. The lowest BCUT2D eigenvalue weighted by Crippen LogP contribution is -2.06. The fraction of sp³-hybridized carbons (Fsp3) is 0.545. The van der Waals surface area contributed by atoms with Crippen LogP contribution in [0.1, 0.15) is 32.8 Å². The van der Waals surface area contributed by atoms with Crippen molar-refractivity contribution in [3.05, 3.63) is 30.1 Å². The van der Waals surface area contributed by atoms with E-state index in [4.69, 9.17) is 0 Å². The topological polar surface area (TPSA) is 64.9 Å². The number of hydrogen-bond acceptors (Lipinski definition) is 3. The highest BCUT2D eigenvalue weighted by Crippen LogP contribution is 2.20. The van der Waals surface area contributed by atoms with Crippen LogP contribution in [0.3, 0.4) is 0 Å². The molecule has 0 fully saturated rings. The standard InChI is InChI=1S/C11H17N.H4N2/c1-11(2,3)7-4-10-5-8-12-9-6-10;1-2/h5-6,8-9H,4,7H2,1-3H3;1-2H2. The van der Waals surface area contributed by atoms with E-state index in [1.807, 2.05) is 12.4 Å². The quantitative estimate of drug-likeness (QED) is 0.559. The van der Waals surface area contributed by atoms with Crippen molar-refractivity contribution in [2.24, 2.45) is 17.1 Å². The van der Waals surface area contributed by atoms with Gasteiger partial charge in [-0.05, 0) is 36.0 Å². The summed E-state index contributed by atoms with van der Waals surface area (Å²) in [6.07, 6.45) is 6.11. The Labute approximate surface area is 86.5 Å². The molecule has 4 N–H and O–H groups in total. The number of nitrogens with zero attached hydrogens (tertiary/aromatic N) is 1. The number of nitrogens with two attached hydrogens (primary N) is 2. The van der Waals surface area contributed by atoms with Crippen LogP contribution < -0.4 is 11.7 Å². The van der Waals surface area contributed by atoms with Crippen molar-refractivity contribution in [2.75, 3.05) is 0 Å². The smallest absolute Gasteiger partial charge is 0.0270 e. The first-order valence-electron chi connectivity index (χ1n) is 4.80. The van der Waals surface area contributed by atoms with Crippen LogP contribution in [0, 0.1) is 5.41 Å². The summed E-state index contributed by atoms with van der Waals surface area (Å²) < 4.78 is 0. The Bertz CT molecular complexity index is 226. The Morgan fingerprint density at radius 2 is 1.64 bits per heavy atom. The van der Waals surface area contributed by atoms with Gasteiger partial charge < -0.3 is 0 Å². The molecule has 1 heterocycles. The van der Waals surface area contributed by atoms with E-state index in [0.29, 0.717) is 5.41 Å². The van der Waals surface area contributed by atoms with Crippen LogP contribution in [-0.2, 0) is 6.42 Å². The largest absolute Gasteiger partial charge is 0.274 e. The summed E-state index contributed by atoms with van der Waals surface area (Å²) in [5.74, 6) is 8.00. The van der Waals surface area contributed by atoms with Crippen molar-refractivity contribution >= 4 is 0 Å². The molecule has 0 bridgehead atoms. The first-order chi connectivity index (χ1) is 6.58. The summed E-state index contributed by atoms with van der Waals surface area (Å²) >= 11 is 0. The first-order valence-corrected chi connectivity index (χ1v) is 4.80. The predicted octanol–water partition coefficient (Wildman–Crippen LogP) is 1.88. The van der Waals surface area contributed by atoms with E-state index in [-0.39, 0.29) is 0 Å². The number of hydrazine groups is 1. The second-order valence-corrected chi connectivity index (χ2v) is 4.42. The van der Waals surface area contributed by atoms with Crippen molar-refractivity contribution < 1.29 is 0 Å². The van der Waals surface area contributed by atoms with Gasteiger partial charge in [0.25, 0.3) is 0 Å². The fourth-order valence-electron chi connectivity index (χ4n) is 1.07. The minimum absolute atomic E-state index is 0.434. The summed E-state index contributed by atoms with van der Waals surface area (Å²) in [6, 6.07) is 4.18. The van der Waals surface area contributed by atoms with Crippen LogP contribution in [0.4, 0.5) is 0 Å². The van der Waals surface area contributed by atoms with Gasteiger partial charge in [-0.1, -0.05) is 20.8 Å². The Morgan fingerprint density at radius 3 is 2.07 bits per heavy atom. The molecule has 0 unspecified atom stereocenters. The molecule has 80 valence electrons. The van der Waals surface area contributed by atoms with Crippen LogP contribution >= 0.6 is 0 Å². The van der Waals surface area contributed by atoms with E-state index in [0.717, 1.165) is 6.42 Å². The highest BCUT2D eigenvalue weighted by atomic mass is 15.0. The van der Waals surface area contributed by atoms with Gasteiger partial charge in [-0.2, -0.15) is 0 Å². The number of hydrogen-bond donors (Lipinski definition) is 2. The minimum Gasteiger partial charge on any atom is -0.274 e. The normalized spacial score (nSPS) is 10.4. The molecule has 0 amide bonds. The molecule has 0 aromatic carbocycles. The zero-order valence-corrected chi connectivity index (χ0v) is 9.33. The molecule has 0 aliphatic heterocycles. The highest BCUT2D eigenvalue weighted by molar-refractivity contribution is 5.09. The van der Waals surface area contributed by atoms with Gasteiger partial charge in [-0.15, -0.1) is 0 Å². The molecule has 1 aromatic heterocycles. The van der Waals surface area contributed by atoms with Crippen molar-refractivity contribution in [1.82, 2.24) is 4.98 Å². The maximum absolute atomic E-state index is 4.00. The lowest BCUT2D eigenvalue weighted by molar-refractivity contribution is 0.378. The lowest BCUT2D eigenvalue weighted by atomic mass is 9.89. The van der Waals surface area contributed by atoms with E-state index >= 15 is 0 Å². The average Bonchev–Trinajstić information content (AvgIpc) is 2.19. The molecule has 0 spiro atoms. The molecule has 0 atom stereocenters. The van der Waals surface area contributed by atoms with Gasteiger partial charge in [0, 0.05) is 12.4 Å². The van der Waals surface area contributed by atoms with E-state index < -0.39 is 0 Å². The molecular formula is C11H21N3. The molecule has 1 aromatic rings. The van der Waals surface area contributed by atoms with Crippen molar-refractivity contribution in [3.63, 3.8) is 0 Å². The van der Waals surface area contributed by atoms with Crippen LogP contribution in [-0.4, -0.2) is 4.98 Å². The number of aryl methyl sites for hydroxylation is 1. The summed E-state index contributed by atoms with van der Waals surface area (Å²) in [7, 11) is 0. The third kappa shape index (κ3) is 6.57. The summed E-state index contributed by atoms with van der Waals surface area (Å²) in [5, 5.41) is 0. The van der Waals surface area contributed by atoms with Gasteiger partial charge in [-0.3, -0.25) is 16.7 Å². The molecule has 3 nitrogen and oxygen atoms in total. The zero-order chi connectivity index (χ0) is 11.0. The van der Waals surface area contributed by atoms with Gasteiger partial charge in [0.05, 0.1) is 0 Å². The molecular weight excluding hydrogens is 174 g/mol. The SMILES string of the molecule is CC(C)(C)CCc1ccncc1.NN. The van der Waals surface area contributed by atoms with Crippen molar-refractivity contribution in [1.29, 1.82) is 0 Å². The van der Waals surface area contributed by atoms with Crippen molar-refractivity contribution in [2.45, 2.75) is 33.6 Å². The molecule has 0 saturated carbocycles. The lowest BCUT2D eigenvalue weighted by Gasteiger charge is -2.17. The highest BCUT2D eigenvalue weighted by Gasteiger charge is 2.09. The second-order valence-electron chi connectivity index (χ2n) is 4.42. The second kappa shape index (κ2) is 6.51. The Hall–Kier alpha value is -0.930. The van der Waals surface area contributed by atoms with E-state index in [1.165, 1.54) is 12.0 Å². The van der Waals surface area contributed by atoms with Crippen LogP contribution in [0.5, 0.6) is 0 Å². The first kappa shape index (κ1) is 13.1. The van der Waals surface area contributed by atoms with Crippen LogP contribution in [0.15, 0.2) is 24.5 Å². The molecule has 0 aliphatic rings. The fourth-order valence-corrected chi connectivity index (χ4v) is 1.07. The number of rotatable bonds is 2. The van der Waals surface area contributed by atoms with Crippen LogP contribution in [0.25, 0.3) is 0 Å². The van der Waals surface area contributed by atoms with E-state index in [1.54, 1.807) is 0 Å². The van der Waals surface area contributed by atoms with Crippen LogP contribution in [0.2, 0.25) is 0 Å². The summed E-state index contributed by atoms with van der Waals surface area (Å²) in [4.78, 5) is 3.99. The van der Waals surface area contributed by atoms with E-state index in [2.05, 4.69) is 49.6 Å². The van der Waals surface area contributed by atoms with Gasteiger partial charge in [0.15, 0.2) is 0 Å². The maximum atomic E-state index is 4.00. The monoisotopic (exact) mass is 195 g/mol. The molecule has 0 saturated heterocycles. The van der Waals surface area contributed by atoms with Gasteiger partial charge in [0.1, 0.15) is 0 Å². The number of aromatic nitrogens is 1. The van der Waals surface area contributed by atoms with Gasteiger partial charge >= 0.3 is 0 Å². The molecule has 1 rings (SSSR count). The summed E-state index contributed by atoms with van der Waals surface area (Å²) in [6.45, 7) is 6.82. The number of pyridine rings is 1. The summed E-state index contributed by atoms with van der Waals surface area (Å²) in [5.41, 5.74) is 1.82. The zero-order valence-electron chi connectivity index (χ0n) is 9.33. The van der Waals surface area contributed by atoms with Gasteiger partial charge in [-0.25, -0.2) is 0 Å². The van der Waals surface area contributed by atoms with Crippen molar-refractivity contribution in [3.8, 4) is 0 Å². The average molecular weight is 195 g/mol. The third-order valence-electron chi connectivity index (χ3n) is 1.91. The molecule has 0 radical (unpaired) electrons.